The van der Waals surface area contributed by atoms with Crippen LogP contribution >= 0.6 is 0 Å². The molecule has 0 aliphatic carbocycles. The van der Waals surface area contributed by atoms with Gasteiger partial charge in [0.25, 0.3) is 0 Å². The molecule has 1 saturated heterocycles. The van der Waals surface area contributed by atoms with Gasteiger partial charge in [-0.1, -0.05) is 6.07 Å². The Bertz CT molecular complexity index is 506. The molecule has 2 N–H and O–H groups in total. The lowest BCUT2D eigenvalue weighted by Crippen LogP contribution is -2.57. The van der Waals surface area contributed by atoms with Crippen molar-refractivity contribution in [2.24, 2.45) is 5.41 Å². The van der Waals surface area contributed by atoms with Crippen molar-refractivity contribution in [2.45, 2.75) is 13.8 Å². The molecule has 0 radical (unpaired) electrons. The largest absolute Gasteiger partial charge is 0.480 e. The van der Waals surface area contributed by atoms with Gasteiger partial charge >= 0.3 is 5.97 Å². The number of rotatable bonds is 3. The number of amides is 1. The smallest absolute Gasteiger partial charge is 0.324 e. The molecule has 1 aromatic carbocycles. The Hall–Kier alpha value is -1.88. The van der Waals surface area contributed by atoms with Gasteiger partial charge in [0.1, 0.15) is 0 Å². The molecule has 18 heavy (non-hydrogen) atoms. The maximum absolute atomic E-state index is 12.0. The third-order valence-electron chi connectivity index (χ3n) is 3.31. The molecule has 1 fully saturated rings. The van der Waals surface area contributed by atoms with Crippen LogP contribution in [0, 0.1) is 19.3 Å². The van der Waals surface area contributed by atoms with Gasteiger partial charge in [0.05, 0.1) is 13.2 Å². The van der Waals surface area contributed by atoms with Crippen molar-refractivity contribution in [1.82, 2.24) is 0 Å². The Morgan fingerprint density at radius 2 is 1.94 bits per heavy atom. The molecule has 2 rings (SSSR count). The van der Waals surface area contributed by atoms with Crippen molar-refractivity contribution in [3.8, 4) is 0 Å². The van der Waals surface area contributed by atoms with Crippen LogP contribution in [0.1, 0.15) is 11.1 Å². The van der Waals surface area contributed by atoms with E-state index in [2.05, 4.69) is 5.32 Å². The molecule has 0 unspecified atom stereocenters. The summed E-state index contributed by atoms with van der Waals surface area (Å²) in [5.74, 6) is -1.67. The van der Waals surface area contributed by atoms with Gasteiger partial charge in [-0.15, -0.1) is 0 Å². The number of carbonyl (C=O) groups is 2. The molecular weight excluding hydrogens is 234 g/mol. The van der Waals surface area contributed by atoms with Crippen LogP contribution < -0.4 is 5.32 Å². The van der Waals surface area contributed by atoms with Gasteiger partial charge in [0.2, 0.25) is 5.91 Å². The summed E-state index contributed by atoms with van der Waals surface area (Å²) in [4.78, 5) is 23.1. The van der Waals surface area contributed by atoms with Gasteiger partial charge in [-0.25, -0.2) is 0 Å². The fourth-order valence-corrected chi connectivity index (χ4v) is 1.73. The second kappa shape index (κ2) is 4.42. The van der Waals surface area contributed by atoms with Crippen molar-refractivity contribution in [3.63, 3.8) is 0 Å². The SMILES string of the molecule is Cc1ccc(NC(=O)C2(C(=O)O)COC2)cc1C. The molecule has 0 bridgehead atoms. The first kappa shape index (κ1) is 12.6. The summed E-state index contributed by atoms with van der Waals surface area (Å²) in [5.41, 5.74) is 1.34. The van der Waals surface area contributed by atoms with E-state index in [9.17, 15) is 9.59 Å². The topological polar surface area (TPSA) is 75.6 Å². The van der Waals surface area contributed by atoms with E-state index in [0.29, 0.717) is 5.69 Å². The fourth-order valence-electron chi connectivity index (χ4n) is 1.73. The zero-order valence-electron chi connectivity index (χ0n) is 10.3. The first-order valence-corrected chi connectivity index (χ1v) is 5.65. The molecular formula is C13H15NO4. The van der Waals surface area contributed by atoms with Crippen LogP contribution in [0.3, 0.4) is 0 Å². The fraction of sp³-hybridized carbons (Fsp3) is 0.385. The summed E-state index contributed by atoms with van der Waals surface area (Å²) < 4.78 is 4.86. The number of aliphatic carboxylic acids is 1. The predicted molar refractivity (Wildman–Crippen MR) is 65.4 cm³/mol. The number of nitrogens with one attached hydrogen (secondary N) is 1. The summed E-state index contributed by atoms with van der Waals surface area (Å²) in [6, 6.07) is 5.47. The highest BCUT2D eigenvalue weighted by atomic mass is 16.5. The molecule has 96 valence electrons. The monoisotopic (exact) mass is 249 g/mol. The lowest BCUT2D eigenvalue weighted by atomic mass is 9.85. The Balaban J connectivity index is 2.16. The maximum Gasteiger partial charge on any atom is 0.324 e. The van der Waals surface area contributed by atoms with Gasteiger partial charge < -0.3 is 15.2 Å². The van der Waals surface area contributed by atoms with Gasteiger partial charge in [-0.2, -0.15) is 0 Å². The highest BCUT2D eigenvalue weighted by molar-refractivity contribution is 6.09. The lowest BCUT2D eigenvalue weighted by Gasteiger charge is -2.35. The minimum atomic E-state index is -1.43. The summed E-state index contributed by atoms with van der Waals surface area (Å²) in [6.07, 6.45) is 0. The number of carboxylic acids is 1. The van der Waals surface area contributed by atoms with Crippen molar-refractivity contribution >= 4 is 17.6 Å². The van der Waals surface area contributed by atoms with Crippen LogP contribution in [0.2, 0.25) is 0 Å². The Morgan fingerprint density at radius 1 is 1.28 bits per heavy atom. The number of hydrogen-bond acceptors (Lipinski definition) is 3. The van der Waals surface area contributed by atoms with E-state index in [1.165, 1.54) is 0 Å². The quantitative estimate of drug-likeness (QED) is 0.793. The molecule has 0 saturated carbocycles. The summed E-state index contributed by atoms with van der Waals surface area (Å²) in [7, 11) is 0. The second-order valence-corrected chi connectivity index (χ2v) is 4.63. The molecule has 1 aliphatic heterocycles. The van der Waals surface area contributed by atoms with E-state index in [-0.39, 0.29) is 13.2 Å². The third kappa shape index (κ3) is 1.97. The highest BCUT2D eigenvalue weighted by Gasteiger charge is 2.53. The number of anilines is 1. The zero-order valence-corrected chi connectivity index (χ0v) is 10.3. The Labute approximate surface area is 105 Å². The van der Waals surface area contributed by atoms with Crippen LogP contribution in [0.15, 0.2) is 18.2 Å². The normalized spacial score (nSPS) is 16.8. The first-order chi connectivity index (χ1) is 8.45. The average Bonchev–Trinajstić information content (AvgIpc) is 2.21. The Kier molecular flexibility index (Phi) is 3.09. The molecule has 1 aliphatic rings. The first-order valence-electron chi connectivity index (χ1n) is 5.65. The molecule has 5 nitrogen and oxygen atoms in total. The Morgan fingerprint density at radius 3 is 2.39 bits per heavy atom. The van der Waals surface area contributed by atoms with Crippen molar-refractivity contribution in [1.29, 1.82) is 0 Å². The minimum Gasteiger partial charge on any atom is -0.480 e. The van der Waals surface area contributed by atoms with E-state index in [4.69, 9.17) is 9.84 Å². The van der Waals surface area contributed by atoms with E-state index < -0.39 is 17.3 Å². The van der Waals surface area contributed by atoms with Gasteiger partial charge in [-0.3, -0.25) is 9.59 Å². The predicted octanol–water partition coefficient (Wildman–Crippen LogP) is 1.34. The third-order valence-corrected chi connectivity index (χ3v) is 3.31. The number of aryl methyl sites for hydroxylation is 2. The van der Waals surface area contributed by atoms with Crippen LogP contribution in [0.4, 0.5) is 5.69 Å². The maximum atomic E-state index is 12.0. The van der Waals surface area contributed by atoms with Crippen molar-refractivity contribution < 1.29 is 19.4 Å². The molecule has 0 aromatic heterocycles. The standard InChI is InChI=1S/C13H15NO4/c1-8-3-4-10(5-9(8)2)14-11(15)13(12(16)17)6-18-7-13/h3-5H,6-7H2,1-2H3,(H,14,15)(H,16,17). The van der Waals surface area contributed by atoms with E-state index in [1.54, 1.807) is 6.07 Å². The molecule has 1 aromatic rings. The second-order valence-electron chi connectivity index (χ2n) is 4.63. The summed E-state index contributed by atoms with van der Waals surface area (Å²) in [5, 5.41) is 11.7. The van der Waals surface area contributed by atoms with E-state index in [1.807, 2.05) is 26.0 Å². The van der Waals surface area contributed by atoms with E-state index in [0.717, 1.165) is 11.1 Å². The van der Waals surface area contributed by atoms with Gasteiger partial charge in [0, 0.05) is 5.69 Å². The number of ether oxygens (including phenoxy) is 1. The van der Waals surface area contributed by atoms with Crippen molar-refractivity contribution in [2.75, 3.05) is 18.5 Å². The molecule has 1 heterocycles. The van der Waals surface area contributed by atoms with Crippen molar-refractivity contribution in [3.05, 3.63) is 29.3 Å². The molecule has 0 spiro atoms. The van der Waals surface area contributed by atoms with E-state index >= 15 is 0 Å². The van der Waals surface area contributed by atoms with Crippen LogP contribution in [-0.2, 0) is 14.3 Å². The molecule has 0 atom stereocenters. The summed E-state index contributed by atoms with van der Waals surface area (Å²) in [6.45, 7) is 3.77. The zero-order chi connectivity index (χ0) is 13.3. The highest BCUT2D eigenvalue weighted by Crippen LogP contribution is 2.29. The average molecular weight is 249 g/mol. The number of hydrogen-bond donors (Lipinski definition) is 2. The molecule has 1 amide bonds. The van der Waals surface area contributed by atoms with Crippen LogP contribution in [0.25, 0.3) is 0 Å². The van der Waals surface area contributed by atoms with Crippen LogP contribution in [-0.4, -0.2) is 30.2 Å². The minimum absolute atomic E-state index is 0.0704. The number of benzene rings is 1. The van der Waals surface area contributed by atoms with Crippen LogP contribution in [0.5, 0.6) is 0 Å². The number of carbonyl (C=O) groups excluding carboxylic acids is 1. The summed E-state index contributed by atoms with van der Waals surface area (Å²) >= 11 is 0. The lowest BCUT2D eigenvalue weighted by molar-refractivity contribution is -0.182. The van der Waals surface area contributed by atoms with Gasteiger partial charge in [0.15, 0.2) is 5.41 Å². The molecule has 5 heteroatoms. The number of carboxylic acid groups (broad SMARTS) is 1. The van der Waals surface area contributed by atoms with Gasteiger partial charge in [-0.05, 0) is 37.1 Å².